The van der Waals surface area contributed by atoms with E-state index in [1.165, 1.54) is 44.6 Å². The summed E-state index contributed by atoms with van der Waals surface area (Å²) < 4.78 is 31.6. The van der Waals surface area contributed by atoms with Crippen LogP contribution in [0.5, 0.6) is 6.01 Å². The van der Waals surface area contributed by atoms with Crippen molar-refractivity contribution in [3.05, 3.63) is 64.5 Å². The smallest absolute Gasteiger partial charge is 0.316 e. The Bertz CT molecular complexity index is 1080. The Labute approximate surface area is 160 Å². The summed E-state index contributed by atoms with van der Waals surface area (Å²) in [6, 6.07) is 6.24. The third kappa shape index (κ3) is 5.11. The summed E-state index contributed by atoms with van der Waals surface area (Å²) in [5.74, 6) is 0. The second kappa shape index (κ2) is 8.15. The molecule has 0 radical (unpaired) electrons. The number of pyridine rings is 1. The molecule has 0 aliphatic heterocycles. The van der Waals surface area contributed by atoms with Crippen LogP contribution in [-0.4, -0.2) is 37.0 Å². The zero-order chi connectivity index (χ0) is 20.1. The van der Waals surface area contributed by atoms with Crippen LogP contribution < -0.4 is 10.3 Å². The number of nitrogens with zero attached hydrogens (tertiary/aromatic N) is 6. The molecule has 11 heteroatoms. The van der Waals surface area contributed by atoms with Gasteiger partial charge in [-0.15, -0.1) is 0 Å². The molecule has 28 heavy (non-hydrogen) atoms. The molecule has 0 amide bonds. The third-order valence-corrected chi connectivity index (χ3v) is 3.61. The van der Waals surface area contributed by atoms with Gasteiger partial charge in [-0.25, -0.2) is 14.6 Å². The van der Waals surface area contributed by atoms with E-state index in [2.05, 4.69) is 20.1 Å². The predicted molar refractivity (Wildman–Crippen MR) is 97.7 cm³/mol. The molecule has 3 aromatic rings. The molecule has 0 spiro atoms. The average Bonchev–Trinajstić information content (AvgIpc) is 2.68. The first-order valence-corrected chi connectivity index (χ1v) is 8.46. The number of halogens is 2. The third-order valence-electron chi connectivity index (χ3n) is 3.44. The van der Waals surface area contributed by atoms with Gasteiger partial charge < -0.3 is 4.74 Å². The van der Waals surface area contributed by atoms with E-state index in [0.29, 0.717) is 22.4 Å². The maximum Gasteiger partial charge on any atom is 0.316 e. The molecule has 0 N–H and O–H groups in total. The van der Waals surface area contributed by atoms with E-state index in [1.807, 2.05) is 6.07 Å². The molecule has 0 fully saturated rings. The lowest BCUT2D eigenvalue weighted by molar-refractivity contribution is 0.0422. The SMILES string of the molecule is N#Cc1cncc(Cn2nc(-c3cnc(OCC(F)(F)P)nc3)ccc2=O)c1. The van der Waals surface area contributed by atoms with Crippen molar-refractivity contribution in [2.24, 2.45) is 0 Å². The van der Waals surface area contributed by atoms with Crippen molar-refractivity contribution in [3.8, 4) is 23.3 Å². The highest BCUT2D eigenvalue weighted by Gasteiger charge is 2.22. The summed E-state index contributed by atoms with van der Waals surface area (Å²) in [6.07, 6.45) is 5.68. The van der Waals surface area contributed by atoms with Crippen molar-refractivity contribution < 1.29 is 13.5 Å². The molecule has 3 aromatic heterocycles. The summed E-state index contributed by atoms with van der Waals surface area (Å²) in [7, 11) is 1.37. The van der Waals surface area contributed by atoms with E-state index >= 15 is 0 Å². The van der Waals surface area contributed by atoms with Gasteiger partial charge in [0, 0.05) is 36.4 Å². The lowest BCUT2D eigenvalue weighted by Gasteiger charge is -2.10. The Morgan fingerprint density at radius 2 is 1.96 bits per heavy atom. The molecular weight excluding hydrogens is 389 g/mol. The van der Waals surface area contributed by atoms with Crippen LogP contribution in [0, 0.1) is 11.3 Å². The topological polar surface area (TPSA) is 107 Å². The number of ether oxygens (including phenoxy) is 1. The van der Waals surface area contributed by atoms with Gasteiger partial charge in [-0.2, -0.15) is 19.1 Å². The summed E-state index contributed by atoms with van der Waals surface area (Å²) in [4.78, 5) is 23.8. The molecule has 3 rings (SSSR count). The number of alkyl halides is 2. The van der Waals surface area contributed by atoms with Crippen LogP contribution in [0.2, 0.25) is 0 Å². The highest BCUT2D eigenvalue weighted by atomic mass is 31.0. The first kappa shape index (κ1) is 19.5. The summed E-state index contributed by atoms with van der Waals surface area (Å²) in [5.41, 5.74) is -1.51. The monoisotopic (exact) mass is 402 g/mol. The summed E-state index contributed by atoms with van der Waals surface area (Å²) in [5, 5.41) is 13.2. The molecule has 3 heterocycles. The van der Waals surface area contributed by atoms with E-state index in [9.17, 15) is 13.6 Å². The zero-order valence-corrected chi connectivity index (χ0v) is 15.4. The zero-order valence-electron chi connectivity index (χ0n) is 14.3. The lowest BCUT2D eigenvalue weighted by atomic mass is 10.2. The van der Waals surface area contributed by atoms with Gasteiger partial charge in [-0.1, -0.05) is 9.24 Å². The fraction of sp³-hybridized carbons (Fsp3) is 0.176. The van der Waals surface area contributed by atoms with E-state index in [1.54, 1.807) is 12.3 Å². The van der Waals surface area contributed by atoms with Gasteiger partial charge in [-0.3, -0.25) is 9.78 Å². The average molecular weight is 402 g/mol. The second-order valence-electron chi connectivity index (χ2n) is 5.71. The Balaban J connectivity index is 1.81. The second-order valence-corrected chi connectivity index (χ2v) is 6.56. The normalized spacial score (nSPS) is 11.1. The van der Waals surface area contributed by atoms with Crippen molar-refractivity contribution in [1.82, 2.24) is 24.7 Å². The standard InChI is InChI=1S/C17H13F2N6O2P/c18-17(19,28)10-27-16-22-7-13(8-23-16)14-1-2-15(26)25(24-14)9-12-3-11(4-20)5-21-6-12/h1-3,5-8H,9-10,28H2. The van der Waals surface area contributed by atoms with Crippen LogP contribution in [0.1, 0.15) is 11.1 Å². The molecule has 1 unspecified atom stereocenters. The van der Waals surface area contributed by atoms with Crippen molar-refractivity contribution in [3.63, 3.8) is 0 Å². The fourth-order valence-corrected chi connectivity index (χ4v) is 2.29. The number of rotatable bonds is 6. The minimum atomic E-state index is -3.07. The van der Waals surface area contributed by atoms with Crippen LogP contribution in [0.3, 0.4) is 0 Å². The molecule has 8 nitrogen and oxygen atoms in total. The first-order chi connectivity index (χ1) is 13.3. The van der Waals surface area contributed by atoms with E-state index in [0.717, 1.165) is 0 Å². The van der Waals surface area contributed by atoms with E-state index < -0.39 is 12.3 Å². The highest BCUT2D eigenvalue weighted by Crippen LogP contribution is 2.22. The van der Waals surface area contributed by atoms with Gasteiger partial charge in [0.2, 0.25) is 0 Å². The maximum absolute atomic E-state index is 12.8. The molecule has 0 aliphatic rings. The van der Waals surface area contributed by atoms with Crippen LogP contribution in [0.15, 0.2) is 47.8 Å². The molecular formula is C17H13F2N6O2P. The van der Waals surface area contributed by atoms with Crippen LogP contribution in [0.4, 0.5) is 8.78 Å². The quantitative estimate of drug-likeness (QED) is 0.580. The Kier molecular flexibility index (Phi) is 5.66. The molecule has 0 aliphatic carbocycles. The van der Waals surface area contributed by atoms with E-state index in [4.69, 9.17) is 10.00 Å². The van der Waals surface area contributed by atoms with Gasteiger partial charge in [0.25, 0.3) is 11.2 Å². The number of aromatic nitrogens is 5. The minimum absolute atomic E-state index is 0.125. The molecule has 0 saturated carbocycles. The van der Waals surface area contributed by atoms with Crippen molar-refractivity contribution in [2.45, 2.75) is 12.2 Å². The number of hydrogen-bond donors (Lipinski definition) is 0. The Morgan fingerprint density at radius 1 is 1.21 bits per heavy atom. The van der Waals surface area contributed by atoms with Crippen molar-refractivity contribution in [1.29, 1.82) is 5.26 Å². The first-order valence-electron chi connectivity index (χ1n) is 7.88. The van der Waals surface area contributed by atoms with Gasteiger partial charge in [0.1, 0.15) is 6.07 Å². The van der Waals surface area contributed by atoms with Gasteiger partial charge >= 0.3 is 6.01 Å². The molecule has 0 aromatic carbocycles. The Hall–Kier alpha value is -3.31. The van der Waals surface area contributed by atoms with Crippen molar-refractivity contribution >= 4 is 9.24 Å². The van der Waals surface area contributed by atoms with Crippen LogP contribution in [0.25, 0.3) is 11.3 Å². The van der Waals surface area contributed by atoms with Gasteiger partial charge in [0.05, 0.1) is 17.8 Å². The minimum Gasteiger partial charge on any atom is -0.457 e. The maximum atomic E-state index is 12.8. The number of nitriles is 1. The van der Waals surface area contributed by atoms with Gasteiger partial charge in [-0.05, 0) is 17.7 Å². The van der Waals surface area contributed by atoms with Crippen LogP contribution >= 0.6 is 9.24 Å². The van der Waals surface area contributed by atoms with E-state index in [-0.39, 0.29) is 18.1 Å². The largest absolute Gasteiger partial charge is 0.457 e. The highest BCUT2D eigenvalue weighted by molar-refractivity contribution is 7.18. The fourth-order valence-electron chi connectivity index (χ4n) is 2.21. The summed E-state index contributed by atoms with van der Waals surface area (Å²) >= 11 is 0. The van der Waals surface area contributed by atoms with Gasteiger partial charge in [0.15, 0.2) is 6.61 Å². The molecule has 0 saturated heterocycles. The molecule has 1 atom stereocenters. The Morgan fingerprint density at radius 3 is 2.64 bits per heavy atom. The molecule has 0 bridgehead atoms. The number of hydrogen-bond acceptors (Lipinski definition) is 7. The molecule has 142 valence electrons. The lowest BCUT2D eigenvalue weighted by Crippen LogP contribution is -2.23. The summed E-state index contributed by atoms with van der Waals surface area (Å²) in [6.45, 7) is -0.740. The predicted octanol–water partition coefficient (Wildman–Crippen LogP) is 1.86. The van der Waals surface area contributed by atoms with Crippen molar-refractivity contribution in [2.75, 3.05) is 6.61 Å². The van der Waals surface area contributed by atoms with Crippen LogP contribution in [-0.2, 0) is 6.54 Å².